The highest BCUT2D eigenvalue weighted by atomic mass is 16.3. The average Bonchev–Trinajstić information content (AvgIpc) is 2.70. The Kier molecular flexibility index (Phi) is 3.98. The maximum absolute atomic E-state index is 9.58. The van der Waals surface area contributed by atoms with Crippen LogP contribution in [0.3, 0.4) is 0 Å². The van der Waals surface area contributed by atoms with E-state index in [9.17, 15) is 10.2 Å². The second-order valence-electron chi connectivity index (χ2n) is 4.45. The Labute approximate surface area is 107 Å². The topological polar surface area (TPSA) is 81.5 Å². The van der Waals surface area contributed by atoms with Gasteiger partial charge in [-0.25, -0.2) is 9.97 Å². The molecule has 0 saturated carbocycles. The number of hydrogen-bond donors (Lipinski definition) is 3. The van der Waals surface area contributed by atoms with E-state index in [2.05, 4.69) is 15.3 Å². The van der Waals surface area contributed by atoms with Gasteiger partial charge in [0.05, 0.1) is 12.2 Å². The van der Waals surface area contributed by atoms with Gasteiger partial charge in [-0.2, -0.15) is 0 Å². The average molecular weight is 252 g/mol. The summed E-state index contributed by atoms with van der Waals surface area (Å²) in [4.78, 5) is 10.7. The van der Waals surface area contributed by atoms with E-state index in [0.29, 0.717) is 13.1 Å². The summed E-state index contributed by atoms with van der Waals surface area (Å²) in [5, 5.41) is 22.3. The van der Waals surface area contributed by atoms with Crippen molar-refractivity contribution in [1.82, 2.24) is 9.97 Å². The van der Waals surface area contributed by atoms with E-state index in [1.54, 1.807) is 0 Å². The minimum Gasteiger partial charge on any atom is -0.389 e. The SMILES string of the molecule is CCNc1cc(N2CC(O)C(O)C2)nc(CC)n1. The molecule has 0 amide bonds. The van der Waals surface area contributed by atoms with Gasteiger partial charge in [0.15, 0.2) is 0 Å². The molecule has 2 unspecified atom stereocenters. The van der Waals surface area contributed by atoms with Gasteiger partial charge in [-0.3, -0.25) is 0 Å². The molecule has 0 spiro atoms. The van der Waals surface area contributed by atoms with Crippen LogP contribution >= 0.6 is 0 Å². The minimum atomic E-state index is -0.701. The Hall–Kier alpha value is -1.40. The molecule has 2 heterocycles. The molecule has 1 aliphatic rings. The molecular formula is C12H20N4O2. The molecular weight excluding hydrogens is 232 g/mol. The van der Waals surface area contributed by atoms with Crippen LogP contribution in [0.5, 0.6) is 0 Å². The molecule has 1 aliphatic heterocycles. The van der Waals surface area contributed by atoms with E-state index < -0.39 is 12.2 Å². The summed E-state index contributed by atoms with van der Waals surface area (Å²) in [5.74, 6) is 2.31. The highest BCUT2D eigenvalue weighted by Gasteiger charge is 2.30. The molecule has 1 aromatic rings. The zero-order valence-electron chi connectivity index (χ0n) is 10.8. The largest absolute Gasteiger partial charge is 0.389 e. The second kappa shape index (κ2) is 5.49. The third-order valence-electron chi connectivity index (χ3n) is 3.02. The maximum Gasteiger partial charge on any atom is 0.134 e. The van der Waals surface area contributed by atoms with Gasteiger partial charge >= 0.3 is 0 Å². The fraction of sp³-hybridized carbons (Fsp3) is 0.667. The molecule has 1 saturated heterocycles. The smallest absolute Gasteiger partial charge is 0.134 e. The van der Waals surface area contributed by atoms with Crippen LogP contribution in [0.25, 0.3) is 0 Å². The van der Waals surface area contributed by atoms with Crippen LogP contribution in [-0.4, -0.2) is 52.0 Å². The summed E-state index contributed by atoms with van der Waals surface area (Å²) in [6, 6.07) is 1.85. The monoisotopic (exact) mass is 252 g/mol. The molecule has 0 radical (unpaired) electrons. The normalized spacial score (nSPS) is 23.4. The predicted molar refractivity (Wildman–Crippen MR) is 69.8 cm³/mol. The standard InChI is InChI=1S/C12H20N4O2/c1-3-10-14-11(13-4-2)5-12(15-10)16-6-8(17)9(18)7-16/h5,8-9,17-18H,3-4,6-7H2,1-2H3,(H,13,14,15). The van der Waals surface area contributed by atoms with Crippen molar-refractivity contribution < 1.29 is 10.2 Å². The number of aliphatic hydroxyl groups is 2. The molecule has 0 aromatic carbocycles. The van der Waals surface area contributed by atoms with Gasteiger partial charge in [-0.05, 0) is 6.92 Å². The first kappa shape index (κ1) is 13.0. The summed E-state index contributed by atoms with van der Waals surface area (Å²) in [6.45, 7) is 5.63. The number of rotatable bonds is 4. The van der Waals surface area contributed by atoms with E-state index in [1.165, 1.54) is 0 Å². The van der Waals surface area contributed by atoms with Crippen molar-refractivity contribution in [2.24, 2.45) is 0 Å². The number of aliphatic hydroxyl groups excluding tert-OH is 2. The van der Waals surface area contributed by atoms with Gasteiger partial charge in [-0.15, -0.1) is 0 Å². The number of nitrogens with one attached hydrogen (secondary N) is 1. The van der Waals surface area contributed by atoms with Crippen LogP contribution < -0.4 is 10.2 Å². The lowest BCUT2D eigenvalue weighted by Gasteiger charge is -2.18. The fourth-order valence-electron chi connectivity index (χ4n) is 2.03. The Morgan fingerprint density at radius 2 is 1.94 bits per heavy atom. The molecule has 1 aromatic heterocycles. The molecule has 0 bridgehead atoms. The summed E-state index contributed by atoms with van der Waals surface area (Å²) >= 11 is 0. The van der Waals surface area contributed by atoms with Gasteiger partial charge in [-0.1, -0.05) is 6.92 Å². The van der Waals surface area contributed by atoms with Crippen LogP contribution in [0.2, 0.25) is 0 Å². The Morgan fingerprint density at radius 1 is 1.28 bits per heavy atom. The number of hydrogen-bond acceptors (Lipinski definition) is 6. The quantitative estimate of drug-likeness (QED) is 0.700. The first-order valence-electron chi connectivity index (χ1n) is 6.37. The number of aryl methyl sites for hydroxylation is 1. The van der Waals surface area contributed by atoms with E-state index >= 15 is 0 Å². The van der Waals surface area contributed by atoms with Crippen molar-refractivity contribution in [2.45, 2.75) is 32.5 Å². The van der Waals surface area contributed by atoms with E-state index in [4.69, 9.17) is 0 Å². The van der Waals surface area contributed by atoms with Gasteiger partial charge < -0.3 is 20.4 Å². The molecule has 3 N–H and O–H groups in total. The number of anilines is 2. The Bertz CT molecular complexity index is 403. The highest BCUT2D eigenvalue weighted by Crippen LogP contribution is 2.21. The zero-order valence-corrected chi connectivity index (χ0v) is 10.8. The van der Waals surface area contributed by atoms with Gasteiger partial charge in [0.25, 0.3) is 0 Å². The van der Waals surface area contributed by atoms with Crippen molar-refractivity contribution >= 4 is 11.6 Å². The highest BCUT2D eigenvalue weighted by molar-refractivity contribution is 5.50. The van der Waals surface area contributed by atoms with Crippen LogP contribution in [0.1, 0.15) is 19.7 Å². The third kappa shape index (κ3) is 2.70. The minimum absolute atomic E-state index is 0.410. The van der Waals surface area contributed by atoms with Crippen molar-refractivity contribution in [2.75, 3.05) is 29.9 Å². The molecule has 6 heteroatoms. The van der Waals surface area contributed by atoms with E-state index in [0.717, 1.165) is 30.4 Å². The van der Waals surface area contributed by atoms with Crippen molar-refractivity contribution in [3.63, 3.8) is 0 Å². The van der Waals surface area contributed by atoms with Gasteiger partial charge in [0, 0.05) is 32.1 Å². The summed E-state index contributed by atoms with van der Waals surface area (Å²) < 4.78 is 0. The Morgan fingerprint density at radius 3 is 2.50 bits per heavy atom. The number of nitrogens with zero attached hydrogens (tertiary/aromatic N) is 3. The van der Waals surface area contributed by atoms with E-state index in [1.807, 2.05) is 24.8 Å². The maximum atomic E-state index is 9.58. The zero-order chi connectivity index (χ0) is 13.1. The van der Waals surface area contributed by atoms with Crippen LogP contribution in [0.15, 0.2) is 6.07 Å². The van der Waals surface area contributed by atoms with Crippen LogP contribution in [-0.2, 0) is 6.42 Å². The molecule has 0 aliphatic carbocycles. The van der Waals surface area contributed by atoms with E-state index in [-0.39, 0.29) is 0 Å². The van der Waals surface area contributed by atoms with Crippen molar-refractivity contribution in [1.29, 1.82) is 0 Å². The molecule has 6 nitrogen and oxygen atoms in total. The first-order valence-corrected chi connectivity index (χ1v) is 6.37. The second-order valence-corrected chi connectivity index (χ2v) is 4.45. The summed E-state index contributed by atoms with van der Waals surface area (Å²) in [7, 11) is 0. The van der Waals surface area contributed by atoms with Crippen LogP contribution in [0, 0.1) is 0 Å². The van der Waals surface area contributed by atoms with Gasteiger partial charge in [0.1, 0.15) is 17.5 Å². The first-order chi connectivity index (χ1) is 8.63. The molecule has 1 fully saturated rings. The van der Waals surface area contributed by atoms with Crippen molar-refractivity contribution in [3.8, 4) is 0 Å². The lowest BCUT2D eigenvalue weighted by atomic mass is 10.3. The van der Waals surface area contributed by atoms with Crippen molar-refractivity contribution in [3.05, 3.63) is 11.9 Å². The molecule has 2 atom stereocenters. The molecule has 18 heavy (non-hydrogen) atoms. The predicted octanol–water partition coefficient (Wildman–Crippen LogP) is 0.0126. The summed E-state index contributed by atoms with van der Waals surface area (Å²) in [5.41, 5.74) is 0. The molecule has 100 valence electrons. The fourth-order valence-corrected chi connectivity index (χ4v) is 2.03. The lowest BCUT2D eigenvalue weighted by Crippen LogP contribution is -2.23. The van der Waals surface area contributed by atoms with Crippen LogP contribution in [0.4, 0.5) is 11.6 Å². The lowest BCUT2D eigenvalue weighted by molar-refractivity contribution is 0.0572. The molecule has 2 rings (SSSR count). The summed E-state index contributed by atoms with van der Waals surface area (Å²) in [6.07, 6.45) is -0.647. The number of β-amino-alcohol motifs (C(OH)–C–C–N with tert-alkyl or cyclic N) is 2. The third-order valence-corrected chi connectivity index (χ3v) is 3.02. The van der Waals surface area contributed by atoms with Gasteiger partial charge in [0.2, 0.25) is 0 Å². The number of aromatic nitrogens is 2. The Balaban J connectivity index is 2.24.